The quantitative estimate of drug-likeness (QED) is 0.422. The van der Waals surface area contributed by atoms with Gasteiger partial charge in [-0.3, -0.25) is 0 Å². The predicted molar refractivity (Wildman–Crippen MR) is 61.9 cm³/mol. The van der Waals surface area contributed by atoms with Crippen molar-refractivity contribution < 1.29 is 0 Å². The summed E-state index contributed by atoms with van der Waals surface area (Å²) in [4.78, 5) is 0. The monoisotopic (exact) mass is 194 g/mol. The molecule has 1 rings (SSSR count). The Labute approximate surface area is 80.4 Å². The first-order valence-corrected chi connectivity index (χ1v) is 6.38. The molecule has 3 heteroatoms. The Balaban J connectivity index is 3.38. The van der Waals surface area contributed by atoms with E-state index in [1.807, 2.05) is 19.1 Å². The summed E-state index contributed by atoms with van der Waals surface area (Å²) in [6.07, 6.45) is 1.39. The number of hydrogen-bond acceptors (Lipinski definition) is 2. The number of anilines is 1. The van der Waals surface area contributed by atoms with E-state index in [9.17, 15) is 0 Å². The van der Waals surface area contributed by atoms with Crippen molar-refractivity contribution in [3.05, 3.63) is 23.3 Å². The van der Waals surface area contributed by atoms with Gasteiger partial charge in [-0.2, -0.15) is 0 Å². The van der Waals surface area contributed by atoms with Crippen LogP contribution in [0.2, 0.25) is 0 Å². The molecule has 0 aliphatic rings. The average Bonchev–Trinajstić information content (AvgIpc) is 2.04. The molecule has 0 spiro atoms. The summed E-state index contributed by atoms with van der Waals surface area (Å²) >= 11 is 0. The molecule has 1 aromatic rings. The molecule has 0 heterocycles. The number of nitrogen functional groups attached to an aromatic ring is 1. The van der Waals surface area contributed by atoms with E-state index in [2.05, 4.69) is 13.3 Å². The predicted octanol–water partition coefficient (Wildman–Crippen LogP) is 1.94. The Kier molecular flexibility index (Phi) is 3.05. The van der Waals surface area contributed by atoms with Crippen LogP contribution in [0.5, 0.6) is 0 Å². The van der Waals surface area contributed by atoms with Crippen molar-refractivity contribution in [1.29, 1.82) is 5.41 Å². The number of rotatable bonds is 2. The molecule has 0 amide bonds. The second-order valence-electron chi connectivity index (χ2n) is 3.26. The molecule has 13 heavy (non-hydrogen) atoms. The molecule has 0 saturated carbocycles. The smallest absolute Gasteiger partial charge is 0.0395 e. The molecular formula is C10H15N2P. The van der Waals surface area contributed by atoms with Gasteiger partial charge in [-0.15, -0.1) is 0 Å². The van der Waals surface area contributed by atoms with Crippen molar-refractivity contribution in [2.75, 3.05) is 19.1 Å². The van der Waals surface area contributed by atoms with Gasteiger partial charge in [-0.1, -0.05) is 14.0 Å². The van der Waals surface area contributed by atoms with E-state index in [4.69, 9.17) is 11.1 Å². The van der Waals surface area contributed by atoms with Crippen LogP contribution in [0.3, 0.4) is 0 Å². The lowest BCUT2D eigenvalue weighted by Gasteiger charge is -2.14. The molecule has 0 fully saturated rings. The summed E-state index contributed by atoms with van der Waals surface area (Å²) in [5.74, 6) is 0. The van der Waals surface area contributed by atoms with Crippen LogP contribution in [0.1, 0.15) is 11.1 Å². The van der Waals surface area contributed by atoms with Gasteiger partial charge in [0.2, 0.25) is 0 Å². The van der Waals surface area contributed by atoms with E-state index in [1.54, 1.807) is 0 Å². The zero-order valence-corrected chi connectivity index (χ0v) is 9.15. The van der Waals surface area contributed by atoms with Gasteiger partial charge < -0.3 is 11.1 Å². The Morgan fingerprint density at radius 3 is 2.46 bits per heavy atom. The molecule has 0 atom stereocenters. The van der Waals surface area contributed by atoms with Crippen LogP contribution in [0.25, 0.3) is 0 Å². The Morgan fingerprint density at radius 1 is 1.38 bits per heavy atom. The number of nitrogens with two attached hydrogens (primary N) is 1. The SMILES string of the molecule is Cc1c(C=N)ccc(N)c1P(C)C. The minimum Gasteiger partial charge on any atom is -0.398 e. The second kappa shape index (κ2) is 3.89. The minimum absolute atomic E-state index is 0.187. The van der Waals surface area contributed by atoms with Crippen LogP contribution in [0.15, 0.2) is 12.1 Å². The molecule has 70 valence electrons. The van der Waals surface area contributed by atoms with Crippen molar-refractivity contribution in [1.82, 2.24) is 0 Å². The van der Waals surface area contributed by atoms with E-state index >= 15 is 0 Å². The Morgan fingerprint density at radius 2 is 2.00 bits per heavy atom. The fourth-order valence-corrected chi connectivity index (χ4v) is 2.88. The highest BCUT2D eigenvalue weighted by Crippen LogP contribution is 2.29. The molecule has 2 nitrogen and oxygen atoms in total. The lowest BCUT2D eigenvalue weighted by molar-refractivity contribution is 1.46. The van der Waals surface area contributed by atoms with Gasteiger partial charge in [-0.05, 0) is 37.4 Å². The lowest BCUT2D eigenvalue weighted by atomic mass is 10.1. The fourth-order valence-electron chi connectivity index (χ4n) is 1.49. The molecule has 0 bridgehead atoms. The third kappa shape index (κ3) is 1.89. The molecule has 1 aromatic carbocycles. The number of benzene rings is 1. The minimum atomic E-state index is -0.187. The highest BCUT2D eigenvalue weighted by Gasteiger charge is 2.09. The van der Waals surface area contributed by atoms with Crippen LogP contribution in [0, 0.1) is 12.3 Å². The molecular weight excluding hydrogens is 179 g/mol. The van der Waals surface area contributed by atoms with Gasteiger partial charge in [0.1, 0.15) is 0 Å². The second-order valence-corrected chi connectivity index (χ2v) is 5.49. The molecule has 0 aromatic heterocycles. The normalized spacial score (nSPS) is 10.5. The zero-order chi connectivity index (χ0) is 10.0. The van der Waals surface area contributed by atoms with Crippen LogP contribution in [0.4, 0.5) is 5.69 Å². The van der Waals surface area contributed by atoms with Gasteiger partial charge >= 0.3 is 0 Å². The highest BCUT2D eigenvalue weighted by atomic mass is 31.1. The third-order valence-corrected chi connectivity index (χ3v) is 3.59. The molecule has 0 aliphatic carbocycles. The van der Waals surface area contributed by atoms with Gasteiger partial charge in [-0.25, -0.2) is 0 Å². The number of hydrogen-bond donors (Lipinski definition) is 2. The molecule has 0 unspecified atom stereocenters. The summed E-state index contributed by atoms with van der Waals surface area (Å²) < 4.78 is 0. The number of nitrogens with one attached hydrogen (secondary N) is 1. The molecule has 0 saturated heterocycles. The summed E-state index contributed by atoms with van der Waals surface area (Å²) in [5.41, 5.74) is 8.88. The summed E-state index contributed by atoms with van der Waals surface area (Å²) in [5, 5.41) is 8.47. The third-order valence-electron chi connectivity index (χ3n) is 2.11. The Bertz CT molecular complexity index is 332. The van der Waals surface area contributed by atoms with E-state index in [-0.39, 0.29) is 7.92 Å². The first-order chi connectivity index (χ1) is 6.07. The van der Waals surface area contributed by atoms with E-state index in [0.717, 1.165) is 16.8 Å². The van der Waals surface area contributed by atoms with E-state index < -0.39 is 0 Å². The van der Waals surface area contributed by atoms with Crippen molar-refractivity contribution in [3.63, 3.8) is 0 Å². The fraction of sp³-hybridized carbons (Fsp3) is 0.300. The van der Waals surface area contributed by atoms with Gasteiger partial charge in [0.05, 0.1) is 0 Å². The van der Waals surface area contributed by atoms with E-state index in [0.29, 0.717) is 0 Å². The largest absolute Gasteiger partial charge is 0.398 e. The van der Waals surface area contributed by atoms with Crippen molar-refractivity contribution >= 4 is 25.1 Å². The maximum Gasteiger partial charge on any atom is 0.0395 e. The van der Waals surface area contributed by atoms with Crippen molar-refractivity contribution in [2.45, 2.75) is 6.92 Å². The first kappa shape index (κ1) is 10.2. The molecule has 0 radical (unpaired) electrons. The van der Waals surface area contributed by atoms with Crippen molar-refractivity contribution in [2.24, 2.45) is 0 Å². The maximum atomic E-state index is 7.23. The first-order valence-electron chi connectivity index (χ1n) is 4.14. The topological polar surface area (TPSA) is 49.9 Å². The summed E-state index contributed by atoms with van der Waals surface area (Å²) in [6.45, 7) is 6.40. The van der Waals surface area contributed by atoms with Crippen LogP contribution in [-0.4, -0.2) is 19.5 Å². The highest BCUT2D eigenvalue weighted by molar-refractivity contribution is 7.64. The maximum absolute atomic E-state index is 7.23. The Hall–Kier alpha value is -0.880. The zero-order valence-electron chi connectivity index (χ0n) is 8.26. The van der Waals surface area contributed by atoms with Crippen LogP contribution in [-0.2, 0) is 0 Å². The van der Waals surface area contributed by atoms with E-state index in [1.165, 1.54) is 11.5 Å². The van der Waals surface area contributed by atoms with Gasteiger partial charge in [0, 0.05) is 17.2 Å². The van der Waals surface area contributed by atoms with Crippen LogP contribution >= 0.6 is 7.92 Å². The molecule has 3 N–H and O–H groups in total. The molecule has 0 aliphatic heterocycles. The summed E-state index contributed by atoms with van der Waals surface area (Å²) in [6, 6.07) is 3.80. The van der Waals surface area contributed by atoms with Crippen molar-refractivity contribution in [3.8, 4) is 0 Å². The lowest BCUT2D eigenvalue weighted by Crippen LogP contribution is -2.13. The van der Waals surface area contributed by atoms with Gasteiger partial charge in [0.15, 0.2) is 0 Å². The van der Waals surface area contributed by atoms with Gasteiger partial charge in [0.25, 0.3) is 0 Å². The standard InChI is InChI=1S/C10H15N2P/c1-7-8(6-11)4-5-9(12)10(7)13(2)3/h4-6,11H,12H2,1-3H3. The van der Waals surface area contributed by atoms with Crippen LogP contribution < -0.4 is 11.0 Å². The summed E-state index contributed by atoms with van der Waals surface area (Å²) in [7, 11) is -0.187. The average molecular weight is 194 g/mol.